The molecular formula is C10H9NO5. The molecule has 0 aromatic heterocycles. The molecule has 0 radical (unpaired) electrons. The summed E-state index contributed by atoms with van der Waals surface area (Å²) in [5.74, 6) is -1.36. The minimum absolute atomic E-state index is 0.181. The van der Waals surface area contributed by atoms with Crippen molar-refractivity contribution < 1.29 is 19.9 Å². The van der Waals surface area contributed by atoms with Crippen LogP contribution in [-0.4, -0.2) is 27.7 Å². The summed E-state index contributed by atoms with van der Waals surface area (Å²) in [6, 6.07) is 3.73. The third-order valence-electron chi connectivity index (χ3n) is 1.86. The summed E-state index contributed by atoms with van der Waals surface area (Å²) in [7, 11) is 0. The quantitative estimate of drug-likeness (QED) is 0.591. The minimum Gasteiger partial charge on any atom is -0.477 e. The van der Waals surface area contributed by atoms with Gasteiger partial charge >= 0.3 is 5.97 Å². The van der Waals surface area contributed by atoms with Gasteiger partial charge in [0.25, 0.3) is 5.69 Å². The van der Waals surface area contributed by atoms with Crippen molar-refractivity contribution in [2.24, 2.45) is 0 Å². The van der Waals surface area contributed by atoms with Gasteiger partial charge in [-0.25, -0.2) is 4.79 Å². The Labute approximate surface area is 90.6 Å². The summed E-state index contributed by atoms with van der Waals surface area (Å²) in [6.45, 7) is -0.181. The number of aromatic carboxylic acids is 1. The van der Waals surface area contributed by atoms with Crippen molar-refractivity contribution >= 4 is 17.7 Å². The van der Waals surface area contributed by atoms with E-state index in [0.717, 1.165) is 6.07 Å². The van der Waals surface area contributed by atoms with E-state index >= 15 is 0 Å². The Morgan fingerprint density at radius 3 is 2.69 bits per heavy atom. The van der Waals surface area contributed by atoms with Gasteiger partial charge in [-0.2, -0.15) is 0 Å². The molecule has 0 amide bonds. The maximum absolute atomic E-state index is 10.8. The first-order valence-corrected chi connectivity index (χ1v) is 4.35. The molecule has 0 saturated heterocycles. The molecule has 0 bridgehead atoms. The van der Waals surface area contributed by atoms with Crippen LogP contribution in [0.5, 0.6) is 0 Å². The Hall–Kier alpha value is -2.21. The van der Waals surface area contributed by atoms with E-state index in [9.17, 15) is 14.9 Å². The van der Waals surface area contributed by atoms with E-state index in [1.165, 1.54) is 24.3 Å². The summed E-state index contributed by atoms with van der Waals surface area (Å²) < 4.78 is 0. The topological polar surface area (TPSA) is 101 Å². The number of aliphatic hydroxyl groups excluding tert-OH is 1. The molecule has 1 rings (SSSR count). The summed E-state index contributed by atoms with van der Waals surface area (Å²) in [5, 5.41) is 27.9. The fourth-order valence-electron chi connectivity index (χ4n) is 1.18. The Kier molecular flexibility index (Phi) is 3.73. The molecule has 0 saturated carbocycles. The number of rotatable bonds is 4. The number of nitro groups is 1. The van der Waals surface area contributed by atoms with Crippen molar-refractivity contribution in [2.45, 2.75) is 0 Å². The minimum atomic E-state index is -1.36. The standard InChI is InChI=1S/C10H9NO5/c12-5-1-2-7-3-4-9(11(15)16)8(6-7)10(13)14/h1-4,6,12H,5H2,(H,13,14). The van der Waals surface area contributed by atoms with Gasteiger partial charge in [-0.1, -0.05) is 12.2 Å². The van der Waals surface area contributed by atoms with Gasteiger partial charge in [-0.15, -0.1) is 0 Å². The Balaban J connectivity index is 3.22. The van der Waals surface area contributed by atoms with Gasteiger partial charge in [0, 0.05) is 6.07 Å². The Morgan fingerprint density at radius 1 is 1.50 bits per heavy atom. The van der Waals surface area contributed by atoms with Crippen LogP contribution < -0.4 is 0 Å². The molecule has 0 heterocycles. The zero-order valence-corrected chi connectivity index (χ0v) is 8.16. The Morgan fingerprint density at radius 2 is 2.19 bits per heavy atom. The molecule has 0 aliphatic rings. The van der Waals surface area contributed by atoms with Gasteiger partial charge in [0.15, 0.2) is 0 Å². The maximum atomic E-state index is 10.8. The first kappa shape index (κ1) is 11.9. The second-order valence-electron chi connectivity index (χ2n) is 2.92. The molecule has 6 nitrogen and oxygen atoms in total. The van der Waals surface area contributed by atoms with E-state index in [1.54, 1.807) is 0 Å². The lowest BCUT2D eigenvalue weighted by Crippen LogP contribution is -2.02. The molecule has 1 aromatic carbocycles. The number of hydrogen-bond donors (Lipinski definition) is 2. The monoisotopic (exact) mass is 223 g/mol. The number of carboxylic acids is 1. The summed E-state index contributed by atoms with van der Waals surface area (Å²) >= 11 is 0. The van der Waals surface area contributed by atoms with Crippen LogP contribution in [0.25, 0.3) is 6.08 Å². The fourth-order valence-corrected chi connectivity index (χ4v) is 1.18. The van der Waals surface area contributed by atoms with E-state index in [-0.39, 0.29) is 12.2 Å². The molecule has 6 heteroatoms. The molecule has 0 unspecified atom stereocenters. The number of nitrogens with zero attached hydrogens (tertiary/aromatic N) is 1. The van der Waals surface area contributed by atoms with Crippen LogP contribution in [0.4, 0.5) is 5.69 Å². The number of benzene rings is 1. The van der Waals surface area contributed by atoms with Crippen molar-refractivity contribution in [3.63, 3.8) is 0 Å². The smallest absolute Gasteiger partial charge is 0.342 e. The second kappa shape index (κ2) is 5.04. The highest BCUT2D eigenvalue weighted by atomic mass is 16.6. The van der Waals surface area contributed by atoms with Gasteiger partial charge in [-0.05, 0) is 17.7 Å². The zero-order valence-electron chi connectivity index (χ0n) is 8.16. The largest absolute Gasteiger partial charge is 0.477 e. The highest BCUT2D eigenvalue weighted by Gasteiger charge is 2.19. The lowest BCUT2D eigenvalue weighted by Gasteiger charge is -1.99. The predicted molar refractivity (Wildman–Crippen MR) is 56.2 cm³/mol. The number of aliphatic hydroxyl groups is 1. The molecule has 0 aliphatic heterocycles. The third kappa shape index (κ3) is 2.64. The van der Waals surface area contributed by atoms with Crippen LogP contribution in [0, 0.1) is 10.1 Å². The van der Waals surface area contributed by atoms with Crippen LogP contribution in [0.3, 0.4) is 0 Å². The molecule has 2 N–H and O–H groups in total. The SMILES string of the molecule is O=C(O)c1cc(C=CCO)ccc1[N+](=O)[O-]. The number of hydrogen-bond acceptors (Lipinski definition) is 4. The van der Waals surface area contributed by atoms with Gasteiger partial charge in [0.05, 0.1) is 11.5 Å². The summed E-state index contributed by atoms with van der Waals surface area (Å²) in [6.07, 6.45) is 2.89. The van der Waals surface area contributed by atoms with Crippen molar-refractivity contribution in [3.8, 4) is 0 Å². The van der Waals surface area contributed by atoms with E-state index in [1.807, 2.05) is 0 Å². The summed E-state index contributed by atoms with van der Waals surface area (Å²) in [5.41, 5.74) is -0.337. The molecule has 0 atom stereocenters. The highest BCUT2D eigenvalue weighted by molar-refractivity contribution is 5.93. The normalized spacial score (nSPS) is 10.6. The number of carbonyl (C=O) groups is 1. The van der Waals surface area contributed by atoms with E-state index in [2.05, 4.69) is 0 Å². The molecule has 0 fully saturated rings. The first-order valence-electron chi connectivity index (χ1n) is 4.35. The molecule has 0 aliphatic carbocycles. The second-order valence-corrected chi connectivity index (χ2v) is 2.92. The summed E-state index contributed by atoms with van der Waals surface area (Å²) in [4.78, 5) is 20.6. The van der Waals surface area contributed by atoms with Crippen molar-refractivity contribution in [1.82, 2.24) is 0 Å². The lowest BCUT2D eigenvalue weighted by atomic mass is 10.1. The van der Waals surface area contributed by atoms with Crippen molar-refractivity contribution in [2.75, 3.05) is 6.61 Å². The van der Waals surface area contributed by atoms with Crippen molar-refractivity contribution in [1.29, 1.82) is 0 Å². The number of carboxylic acid groups (broad SMARTS) is 1. The van der Waals surface area contributed by atoms with E-state index < -0.39 is 16.6 Å². The van der Waals surface area contributed by atoms with Crippen LogP contribution >= 0.6 is 0 Å². The van der Waals surface area contributed by atoms with E-state index in [4.69, 9.17) is 10.2 Å². The first-order chi connectivity index (χ1) is 7.56. The van der Waals surface area contributed by atoms with Gasteiger partial charge in [-0.3, -0.25) is 10.1 Å². The lowest BCUT2D eigenvalue weighted by molar-refractivity contribution is -0.385. The van der Waals surface area contributed by atoms with Gasteiger partial charge in [0.1, 0.15) is 5.56 Å². The average Bonchev–Trinajstić information content (AvgIpc) is 2.25. The highest BCUT2D eigenvalue weighted by Crippen LogP contribution is 2.20. The van der Waals surface area contributed by atoms with Crippen LogP contribution in [0.2, 0.25) is 0 Å². The molecule has 1 aromatic rings. The van der Waals surface area contributed by atoms with Crippen LogP contribution in [0.1, 0.15) is 15.9 Å². The molecule has 0 spiro atoms. The fraction of sp³-hybridized carbons (Fsp3) is 0.100. The maximum Gasteiger partial charge on any atom is 0.342 e. The number of nitro benzene ring substituents is 1. The average molecular weight is 223 g/mol. The van der Waals surface area contributed by atoms with Crippen LogP contribution in [-0.2, 0) is 0 Å². The molecule has 84 valence electrons. The Bertz CT molecular complexity index is 453. The third-order valence-corrected chi connectivity index (χ3v) is 1.86. The van der Waals surface area contributed by atoms with Crippen LogP contribution in [0.15, 0.2) is 24.3 Å². The molecular weight excluding hydrogens is 214 g/mol. The van der Waals surface area contributed by atoms with Gasteiger partial charge in [0.2, 0.25) is 0 Å². The van der Waals surface area contributed by atoms with E-state index in [0.29, 0.717) is 5.56 Å². The zero-order chi connectivity index (χ0) is 12.1. The molecule has 16 heavy (non-hydrogen) atoms. The predicted octanol–water partition coefficient (Wildman–Crippen LogP) is 1.30. The van der Waals surface area contributed by atoms with Gasteiger partial charge < -0.3 is 10.2 Å². The van der Waals surface area contributed by atoms with Crippen molar-refractivity contribution in [3.05, 3.63) is 45.5 Å².